The summed E-state index contributed by atoms with van der Waals surface area (Å²) in [7, 11) is -3.47. The van der Waals surface area contributed by atoms with Crippen LogP contribution in [0.5, 0.6) is 0 Å². The highest BCUT2D eigenvalue weighted by molar-refractivity contribution is 7.89. The first-order valence-corrected chi connectivity index (χ1v) is 8.15. The number of aromatic nitrogens is 1. The topological polar surface area (TPSA) is 85.1 Å². The lowest BCUT2D eigenvalue weighted by Gasteiger charge is -2.07. The van der Waals surface area contributed by atoms with Crippen molar-refractivity contribution < 1.29 is 8.42 Å². The number of hydrogen-bond donors (Lipinski definition) is 2. The summed E-state index contributed by atoms with van der Waals surface area (Å²) in [6, 6.07) is 6.64. The van der Waals surface area contributed by atoms with Crippen molar-refractivity contribution in [2.75, 3.05) is 6.54 Å². The van der Waals surface area contributed by atoms with E-state index in [4.69, 9.17) is 5.73 Å². The molecule has 102 valence electrons. The minimum atomic E-state index is -3.47. The van der Waals surface area contributed by atoms with E-state index in [-0.39, 0.29) is 4.90 Å². The summed E-state index contributed by atoms with van der Waals surface area (Å²) in [5, 5.41) is 2.78. The maximum Gasteiger partial charge on any atom is 0.240 e. The number of thiazole rings is 1. The van der Waals surface area contributed by atoms with Gasteiger partial charge in [0.2, 0.25) is 10.0 Å². The molecule has 0 radical (unpaired) electrons. The van der Waals surface area contributed by atoms with Crippen LogP contribution in [0.4, 0.5) is 0 Å². The SMILES string of the molecule is NCc1cccc(S(=O)(=O)NCCc2nccs2)c1. The van der Waals surface area contributed by atoms with E-state index in [2.05, 4.69) is 9.71 Å². The van der Waals surface area contributed by atoms with Gasteiger partial charge >= 0.3 is 0 Å². The maximum atomic E-state index is 12.1. The smallest absolute Gasteiger partial charge is 0.240 e. The van der Waals surface area contributed by atoms with E-state index >= 15 is 0 Å². The van der Waals surface area contributed by atoms with Crippen LogP contribution < -0.4 is 10.5 Å². The molecule has 1 heterocycles. The Hall–Kier alpha value is -1.28. The Morgan fingerprint density at radius 2 is 2.21 bits per heavy atom. The molecule has 0 aliphatic rings. The highest BCUT2D eigenvalue weighted by Crippen LogP contribution is 2.11. The lowest BCUT2D eigenvalue weighted by molar-refractivity contribution is 0.581. The molecule has 0 saturated carbocycles. The van der Waals surface area contributed by atoms with Gasteiger partial charge in [0.15, 0.2) is 0 Å². The molecule has 7 heteroatoms. The summed E-state index contributed by atoms with van der Waals surface area (Å²) in [5.41, 5.74) is 6.30. The normalized spacial score (nSPS) is 11.6. The maximum absolute atomic E-state index is 12.1. The third kappa shape index (κ3) is 3.84. The fourth-order valence-corrected chi connectivity index (χ4v) is 3.31. The summed E-state index contributed by atoms with van der Waals surface area (Å²) < 4.78 is 26.7. The number of sulfonamides is 1. The predicted octanol–water partition coefficient (Wildman–Crippen LogP) is 1.12. The number of nitrogens with two attached hydrogens (primary N) is 1. The molecule has 0 fully saturated rings. The van der Waals surface area contributed by atoms with Crippen LogP contribution in [0.3, 0.4) is 0 Å². The fourth-order valence-electron chi connectivity index (χ4n) is 1.59. The summed E-state index contributed by atoms with van der Waals surface area (Å²) >= 11 is 1.51. The second-order valence-corrected chi connectivity index (χ2v) is 6.67. The molecule has 0 bridgehead atoms. The Kier molecular flexibility index (Phi) is 4.65. The Bertz CT molecular complexity index is 624. The van der Waals surface area contributed by atoms with Gasteiger partial charge in [-0.3, -0.25) is 0 Å². The molecule has 19 heavy (non-hydrogen) atoms. The Morgan fingerprint density at radius 1 is 1.37 bits per heavy atom. The van der Waals surface area contributed by atoms with Gasteiger partial charge in [-0.25, -0.2) is 18.1 Å². The Morgan fingerprint density at radius 3 is 2.89 bits per heavy atom. The summed E-state index contributed by atoms with van der Waals surface area (Å²) in [6.45, 7) is 0.658. The fraction of sp³-hybridized carbons (Fsp3) is 0.250. The zero-order chi connectivity index (χ0) is 13.7. The van der Waals surface area contributed by atoms with Crippen molar-refractivity contribution in [1.82, 2.24) is 9.71 Å². The van der Waals surface area contributed by atoms with E-state index in [0.29, 0.717) is 19.5 Å². The number of nitrogens with one attached hydrogen (secondary N) is 1. The van der Waals surface area contributed by atoms with Crippen molar-refractivity contribution in [2.45, 2.75) is 17.9 Å². The van der Waals surface area contributed by atoms with E-state index in [1.807, 2.05) is 5.38 Å². The number of hydrogen-bond acceptors (Lipinski definition) is 5. The van der Waals surface area contributed by atoms with Crippen molar-refractivity contribution in [3.05, 3.63) is 46.4 Å². The molecule has 2 aromatic rings. The van der Waals surface area contributed by atoms with Gasteiger partial charge in [-0.1, -0.05) is 12.1 Å². The van der Waals surface area contributed by atoms with Gasteiger partial charge in [-0.2, -0.15) is 0 Å². The zero-order valence-electron chi connectivity index (χ0n) is 10.2. The highest BCUT2D eigenvalue weighted by atomic mass is 32.2. The molecule has 1 aromatic carbocycles. The molecule has 0 saturated heterocycles. The van der Waals surface area contributed by atoms with Crippen LogP contribution in [0.1, 0.15) is 10.6 Å². The molecule has 1 aromatic heterocycles. The number of nitrogens with zero attached hydrogens (tertiary/aromatic N) is 1. The van der Waals surface area contributed by atoms with Crippen LogP contribution in [0.25, 0.3) is 0 Å². The standard InChI is InChI=1S/C12H15N3O2S2/c13-9-10-2-1-3-11(8-10)19(16,17)15-5-4-12-14-6-7-18-12/h1-3,6-8,15H,4-5,9,13H2. The van der Waals surface area contributed by atoms with Crippen molar-refractivity contribution in [1.29, 1.82) is 0 Å². The molecule has 2 rings (SSSR count). The molecule has 0 amide bonds. The zero-order valence-corrected chi connectivity index (χ0v) is 11.9. The van der Waals surface area contributed by atoms with Crippen molar-refractivity contribution in [3.63, 3.8) is 0 Å². The summed E-state index contributed by atoms with van der Waals surface area (Å²) in [6.07, 6.45) is 2.30. The van der Waals surface area contributed by atoms with Gasteiger partial charge in [0, 0.05) is 31.1 Å². The van der Waals surface area contributed by atoms with Crippen LogP contribution in [-0.4, -0.2) is 19.9 Å². The summed E-state index contributed by atoms with van der Waals surface area (Å²) in [5.74, 6) is 0. The first-order chi connectivity index (χ1) is 9.12. The molecule has 5 nitrogen and oxygen atoms in total. The molecule has 3 N–H and O–H groups in total. The Balaban J connectivity index is 2.01. The van der Waals surface area contributed by atoms with Gasteiger partial charge in [-0.15, -0.1) is 11.3 Å². The van der Waals surface area contributed by atoms with E-state index < -0.39 is 10.0 Å². The molecule has 0 atom stereocenters. The van der Waals surface area contributed by atoms with Gasteiger partial charge in [0.1, 0.15) is 0 Å². The molecule has 0 spiro atoms. The van der Waals surface area contributed by atoms with Crippen molar-refractivity contribution >= 4 is 21.4 Å². The quantitative estimate of drug-likeness (QED) is 0.837. The predicted molar refractivity (Wildman–Crippen MR) is 75.3 cm³/mol. The monoisotopic (exact) mass is 297 g/mol. The molecule has 0 aliphatic heterocycles. The minimum absolute atomic E-state index is 0.245. The largest absolute Gasteiger partial charge is 0.326 e. The molecular weight excluding hydrogens is 282 g/mol. The average molecular weight is 297 g/mol. The van der Waals surface area contributed by atoms with Crippen LogP contribution >= 0.6 is 11.3 Å². The number of benzene rings is 1. The van der Waals surface area contributed by atoms with E-state index in [1.165, 1.54) is 11.3 Å². The van der Waals surface area contributed by atoms with Crippen LogP contribution in [-0.2, 0) is 23.0 Å². The lowest BCUT2D eigenvalue weighted by Crippen LogP contribution is -2.26. The van der Waals surface area contributed by atoms with Gasteiger partial charge < -0.3 is 5.73 Å². The lowest BCUT2D eigenvalue weighted by atomic mass is 10.2. The van der Waals surface area contributed by atoms with E-state index in [0.717, 1.165) is 10.6 Å². The van der Waals surface area contributed by atoms with Gasteiger partial charge in [0.05, 0.1) is 9.90 Å². The van der Waals surface area contributed by atoms with Crippen molar-refractivity contribution in [3.8, 4) is 0 Å². The number of rotatable bonds is 6. The third-order valence-corrected chi connectivity index (χ3v) is 4.86. The molecule has 0 unspecified atom stereocenters. The summed E-state index contributed by atoms with van der Waals surface area (Å²) in [4.78, 5) is 4.35. The second kappa shape index (κ2) is 6.25. The first-order valence-electron chi connectivity index (χ1n) is 5.79. The van der Waals surface area contributed by atoms with Crippen LogP contribution in [0, 0.1) is 0 Å². The molecular formula is C12H15N3O2S2. The van der Waals surface area contributed by atoms with Crippen LogP contribution in [0.15, 0.2) is 40.7 Å². The van der Waals surface area contributed by atoms with Gasteiger partial charge in [-0.05, 0) is 17.7 Å². The minimum Gasteiger partial charge on any atom is -0.326 e. The molecule has 0 aliphatic carbocycles. The average Bonchev–Trinajstić information content (AvgIpc) is 2.92. The third-order valence-electron chi connectivity index (χ3n) is 2.56. The van der Waals surface area contributed by atoms with E-state index in [9.17, 15) is 8.42 Å². The van der Waals surface area contributed by atoms with E-state index in [1.54, 1.807) is 30.5 Å². The first kappa shape index (κ1) is 14.1. The Labute approximate surface area is 116 Å². The highest BCUT2D eigenvalue weighted by Gasteiger charge is 2.13. The van der Waals surface area contributed by atoms with Crippen molar-refractivity contribution in [2.24, 2.45) is 5.73 Å². The van der Waals surface area contributed by atoms with Crippen LogP contribution in [0.2, 0.25) is 0 Å². The van der Waals surface area contributed by atoms with Gasteiger partial charge in [0.25, 0.3) is 0 Å². The second-order valence-electron chi connectivity index (χ2n) is 3.93.